The topological polar surface area (TPSA) is 154 Å². The SMILES string of the molecule is CC[C@]1(O)C[C@@H]2CN(CCc3c([nH]c4ccccc34)[C@@](C(=O)OC)(C3C=CC4=C(C3OC)N(C)[C@@H]3[C@@H]4CCN4CC=C[C@@](CC)([C@@H](OC(C)=O)[C@]3(O)C(=O)OC)[C@H]4C)C2)C1. The number of nitrogens with one attached hydrogen (secondary N) is 1. The number of methoxy groups -OCH3 is 3. The van der Waals surface area contributed by atoms with Gasteiger partial charge < -0.3 is 39.0 Å². The lowest BCUT2D eigenvalue weighted by Crippen LogP contribution is -2.70. The molecule has 13 atom stereocenters. The predicted octanol–water partition coefficient (Wildman–Crippen LogP) is 4.27. The molecule has 3 N–H and O–H groups in total. The fourth-order valence-corrected chi connectivity index (χ4v) is 13.0. The molecular weight excluding hydrogens is 765 g/mol. The Hall–Kier alpha value is -4.01. The molecule has 2 fully saturated rings. The van der Waals surface area contributed by atoms with Crippen LogP contribution in [0.4, 0.5) is 0 Å². The fourth-order valence-electron chi connectivity index (χ4n) is 13.0. The summed E-state index contributed by atoms with van der Waals surface area (Å²) in [6, 6.07) is 7.03. The van der Waals surface area contributed by atoms with Crippen LogP contribution in [0.15, 0.2) is 59.8 Å². The zero-order chi connectivity index (χ0) is 42.9. The summed E-state index contributed by atoms with van der Waals surface area (Å²) in [5, 5.41) is 26.5. The minimum absolute atomic E-state index is 0.0660. The Labute approximate surface area is 353 Å². The molecule has 2 aromatic rings. The van der Waals surface area contributed by atoms with E-state index in [9.17, 15) is 19.8 Å². The first kappa shape index (κ1) is 42.7. The number of H-pyrrole nitrogens is 1. The van der Waals surface area contributed by atoms with Crippen LogP contribution in [0.2, 0.25) is 0 Å². The minimum Gasteiger partial charge on any atom is -0.468 e. The predicted molar refractivity (Wildman–Crippen MR) is 226 cm³/mol. The zero-order valence-corrected chi connectivity index (χ0v) is 36.5. The number of aromatic nitrogens is 1. The third-order valence-electron chi connectivity index (χ3n) is 15.8. The summed E-state index contributed by atoms with van der Waals surface area (Å²) in [5.74, 6) is -3.00. The number of aliphatic hydroxyl groups is 2. The molecule has 0 radical (unpaired) electrons. The van der Waals surface area contributed by atoms with Crippen LogP contribution in [0.3, 0.4) is 0 Å². The summed E-state index contributed by atoms with van der Waals surface area (Å²) in [7, 11) is 6.21. The van der Waals surface area contributed by atoms with Crippen LogP contribution in [0.5, 0.6) is 0 Å². The van der Waals surface area contributed by atoms with Crippen LogP contribution >= 0.6 is 0 Å². The van der Waals surface area contributed by atoms with Crippen LogP contribution in [0, 0.1) is 23.2 Å². The van der Waals surface area contributed by atoms with Gasteiger partial charge in [0.15, 0.2) is 6.10 Å². The zero-order valence-electron chi connectivity index (χ0n) is 36.5. The molecule has 6 heterocycles. The summed E-state index contributed by atoms with van der Waals surface area (Å²) in [4.78, 5) is 53.3. The first-order valence-electron chi connectivity index (χ1n) is 21.9. The molecule has 1 aliphatic carbocycles. The molecule has 8 rings (SSSR count). The van der Waals surface area contributed by atoms with Crippen molar-refractivity contribution in [2.75, 3.05) is 61.1 Å². The molecule has 1 aromatic carbocycles. The second kappa shape index (κ2) is 15.7. The van der Waals surface area contributed by atoms with Gasteiger partial charge in [0.2, 0.25) is 5.60 Å². The number of carbonyl (C=O) groups is 3. The van der Waals surface area contributed by atoms with E-state index in [1.165, 1.54) is 21.1 Å². The van der Waals surface area contributed by atoms with Gasteiger partial charge in [0.25, 0.3) is 0 Å². The highest BCUT2D eigenvalue weighted by atomic mass is 16.6. The van der Waals surface area contributed by atoms with Crippen LogP contribution in [-0.4, -0.2) is 144 Å². The van der Waals surface area contributed by atoms with Crippen molar-refractivity contribution in [3.05, 3.63) is 71.1 Å². The molecule has 6 aliphatic rings. The number of fused-ring (bicyclic) bond motifs is 9. The van der Waals surface area contributed by atoms with Gasteiger partial charge in [0.1, 0.15) is 11.5 Å². The summed E-state index contributed by atoms with van der Waals surface area (Å²) < 4.78 is 24.3. The van der Waals surface area contributed by atoms with Crippen molar-refractivity contribution in [1.29, 1.82) is 0 Å². The van der Waals surface area contributed by atoms with E-state index >= 15 is 4.79 Å². The lowest BCUT2D eigenvalue weighted by atomic mass is 9.61. The standard InChI is InChI=1S/C47H64N4O9/c1-9-44(55)24-30-25-46(42(53)58-7,39-33(18-22-50(26-30)27-44)31-14-11-12-15-36(31)48-39)35-17-16-32-34-19-23-51-21-13-20-45(10-2,28(51)3)41(60-29(4)52)47(56,43(54)59-8)40(34)49(5)37(32)38(35)57-6/h11-17,20,28,30,34-35,38,40-41,48,55-56H,9-10,18-19,21-27H2,1-8H3/t28-,30+,34-,35?,38?,40-,41-,44+,45-,46+,47+/m1/s1. The van der Waals surface area contributed by atoms with Crippen molar-refractivity contribution in [2.24, 2.45) is 23.2 Å². The second-order valence-electron chi connectivity index (χ2n) is 18.5. The summed E-state index contributed by atoms with van der Waals surface area (Å²) in [6.07, 6.45) is 9.39. The van der Waals surface area contributed by atoms with Gasteiger partial charge in [-0.1, -0.05) is 56.4 Å². The Balaban J connectivity index is 1.33. The molecular formula is C47H64N4O9. The number of para-hydroxylation sites is 1. The molecule has 4 unspecified atom stereocenters. The number of allylic oxidation sites excluding steroid dienone is 1. The van der Waals surface area contributed by atoms with Gasteiger partial charge in [-0.15, -0.1) is 0 Å². The molecule has 4 bridgehead atoms. The van der Waals surface area contributed by atoms with Gasteiger partial charge in [0.05, 0.1) is 25.9 Å². The van der Waals surface area contributed by atoms with E-state index in [0.29, 0.717) is 58.2 Å². The molecule has 5 aliphatic heterocycles. The lowest BCUT2D eigenvalue weighted by molar-refractivity contribution is -0.214. The molecule has 13 nitrogen and oxygen atoms in total. The number of benzene rings is 1. The number of carbonyl (C=O) groups excluding carboxylic acids is 3. The number of ether oxygens (including phenoxy) is 4. The highest BCUT2D eigenvalue weighted by molar-refractivity contribution is 5.91. The average Bonchev–Trinajstić information content (AvgIpc) is 3.77. The van der Waals surface area contributed by atoms with Gasteiger partial charge in [-0.25, -0.2) is 4.79 Å². The molecule has 0 amide bonds. The van der Waals surface area contributed by atoms with E-state index in [1.54, 1.807) is 7.11 Å². The first-order chi connectivity index (χ1) is 28.7. The number of aromatic amines is 1. The number of hydrogen-bond donors (Lipinski definition) is 3. The van der Waals surface area contributed by atoms with E-state index in [0.717, 1.165) is 46.5 Å². The summed E-state index contributed by atoms with van der Waals surface area (Å²) in [5.41, 5.74) is -1.08. The van der Waals surface area contributed by atoms with Gasteiger partial charge in [-0.2, -0.15) is 0 Å². The highest BCUT2D eigenvalue weighted by Crippen LogP contribution is 2.57. The molecule has 326 valence electrons. The van der Waals surface area contributed by atoms with Crippen LogP contribution in [-0.2, 0) is 45.2 Å². The fraction of sp³-hybridized carbons (Fsp3) is 0.638. The normalized spacial score (nSPS) is 39.8. The maximum atomic E-state index is 15.2. The van der Waals surface area contributed by atoms with Crippen molar-refractivity contribution in [3.63, 3.8) is 0 Å². The molecule has 13 heteroatoms. The molecule has 60 heavy (non-hydrogen) atoms. The van der Waals surface area contributed by atoms with Crippen molar-refractivity contribution in [1.82, 2.24) is 19.7 Å². The van der Waals surface area contributed by atoms with Gasteiger partial charge in [-0.3, -0.25) is 19.4 Å². The second-order valence-corrected chi connectivity index (χ2v) is 18.5. The Morgan fingerprint density at radius 3 is 2.43 bits per heavy atom. The van der Waals surface area contributed by atoms with Crippen molar-refractivity contribution in [2.45, 2.75) is 107 Å². The number of likely N-dealkylation sites (N-methyl/N-ethyl adjacent to an activating group) is 1. The van der Waals surface area contributed by atoms with Gasteiger partial charge in [0, 0.05) is 92.8 Å². The lowest BCUT2D eigenvalue weighted by Gasteiger charge is -2.53. The molecule has 0 spiro atoms. The summed E-state index contributed by atoms with van der Waals surface area (Å²) >= 11 is 0. The van der Waals surface area contributed by atoms with Crippen molar-refractivity contribution >= 4 is 28.8 Å². The Morgan fingerprint density at radius 2 is 1.75 bits per heavy atom. The van der Waals surface area contributed by atoms with E-state index in [-0.39, 0.29) is 12.0 Å². The maximum Gasteiger partial charge on any atom is 0.344 e. The number of esters is 3. The third kappa shape index (κ3) is 6.23. The average molecular weight is 829 g/mol. The monoisotopic (exact) mass is 828 g/mol. The number of piperidine rings is 1. The van der Waals surface area contributed by atoms with Gasteiger partial charge >= 0.3 is 17.9 Å². The molecule has 2 saturated heterocycles. The van der Waals surface area contributed by atoms with E-state index in [1.807, 2.05) is 56.1 Å². The Morgan fingerprint density at radius 1 is 1.00 bits per heavy atom. The largest absolute Gasteiger partial charge is 0.468 e. The van der Waals surface area contributed by atoms with Crippen molar-refractivity contribution < 1.29 is 43.5 Å². The first-order valence-corrected chi connectivity index (χ1v) is 21.9. The van der Waals surface area contributed by atoms with Gasteiger partial charge in [-0.05, 0) is 75.1 Å². The van der Waals surface area contributed by atoms with Crippen LogP contribution in [0.25, 0.3) is 10.9 Å². The minimum atomic E-state index is -2.33. The van der Waals surface area contributed by atoms with E-state index in [4.69, 9.17) is 18.9 Å². The quantitative estimate of drug-likeness (QED) is 0.208. The number of hydrogen-bond acceptors (Lipinski definition) is 12. The van der Waals surface area contributed by atoms with Crippen molar-refractivity contribution in [3.8, 4) is 0 Å². The molecule has 1 aromatic heterocycles. The highest BCUT2D eigenvalue weighted by Gasteiger charge is 2.68. The smallest absolute Gasteiger partial charge is 0.344 e. The molecule has 0 saturated carbocycles. The number of rotatable bonds is 7. The van der Waals surface area contributed by atoms with E-state index < -0.39 is 70.0 Å². The number of nitrogens with zero attached hydrogens (tertiary/aromatic N) is 3. The van der Waals surface area contributed by atoms with E-state index in [2.05, 4.69) is 39.9 Å². The Kier molecular flexibility index (Phi) is 11.2. The van der Waals surface area contributed by atoms with Crippen LogP contribution in [0.1, 0.15) is 71.1 Å². The Bertz CT molecular complexity index is 2110. The summed E-state index contributed by atoms with van der Waals surface area (Å²) in [6.45, 7) is 10.8. The van der Waals surface area contributed by atoms with Crippen LogP contribution < -0.4 is 0 Å². The third-order valence-corrected chi connectivity index (χ3v) is 15.8. The maximum absolute atomic E-state index is 15.2.